The van der Waals surface area contributed by atoms with Gasteiger partial charge in [-0.3, -0.25) is 9.00 Å². The molecular formula is C15H16ClNO5S. The molecule has 0 saturated carbocycles. The summed E-state index contributed by atoms with van der Waals surface area (Å²) >= 11 is 5.92. The highest BCUT2D eigenvalue weighted by Crippen LogP contribution is 2.29. The SMILES string of the molecule is CCOC(=O)c1c(S(C)=O)n(CC)c2cc(Cl)c(O)cc2c1=O. The van der Waals surface area contributed by atoms with Gasteiger partial charge in [-0.1, -0.05) is 11.6 Å². The molecule has 0 amide bonds. The van der Waals surface area contributed by atoms with E-state index in [1.165, 1.54) is 18.4 Å². The molecule has 124 valence electrons. The highest BCUT2D eigenvalue weighted by Gasteiger charge is 2.26. The summed E-state index contributed by atoms with van der Waals surface area (Å²) in [5.41, 5.74) is -0.511. The van der Waals surface area contributed by atoms with E-state index in [2.05, 4.69) is 0 Å². The molecule has 0 bridgehead atoms. The fourth-order valence-electron chi connectivity index (χ4n) is 2.43. The molecule has 2 aromatic rings. The Balaban J connectivity index is 3.05. The minimum atomic E-state index is -1.60. The zero-order valence-corrected chi connectivity index (χ0v) is 14.5. The lowest BCUT2D eigenvalue weighted by molar-refractivity contribution is 0.0519. The quantitative estimate of drug-likeness (QED) is 0.848. The van der Waals surface area contributed by atoms with Crippen LogP contribution < -0.4 is 5.43 Å². The van der Waals surface area contributed by atoms with Crippen LogP contribution >= 0.6 is 11.6 Å². The highest BCUT2D eigenvalue weighted by atomic mass is 35.5. The van der Waals surface area contributed by atoms with Crippen molar-refractivity contribution in [2.45, 2.75) is 25.4 Å². The van der Waals surface area contributed by atoms with Gasteiger partial charge in [0.05, 0.1) is 33.3 Å². The third-order valence-electron chi connectivity index (χ3n) is 3.35. The van der Waals surface area contributed by atoms with E-state index in [1.807, 2.05) is 0 Å². The number of hydrogen-bond acceptors (Lipinski definition) is 5. The molecule has 1 aromatic heterocycles. The normalized spacial score (nSPS) is 12.3. The van der Waals surface area contributed by atoms with Gasteiger partial charge in [0, 0.05) is 12.8 Å². The lowest BCUT2D eigenvalue weighted by Crippen LogP contribution is -2.26. The first-order valence-corrected chi connectivity index (χ1v) is 8.86. The highest BCUT2D eigenvalue weighted by molar-refractivity contribution is 7.84. The van der Waals surface area contributed by atoms with Gasteiger partial charge < -0.3 is 14.4 Å². The van der Waals surface area contributed by atoms with Crippen LogP contribution in [0.5, 0.6) is 5.75 Å². The Hall–Kier alpha value is -1.86. The molecule has 0 fully saturated rings. The molecule has 0 aliphatic heterocycles. The molecule has 0 spiro atoms. The van der Waals surface area contributed by atoms with Gasteiger partial charge in [-0.2, -0.15) is 0 Å². The number of nitrogens with zero attached hydrogens (tertiary/aromatic N) is 1. The maximum Gasteiger partial charge on any atom is 0.344 e. The van der Waals surface area contributed by atoms with Crippen LogP contribution in [0.25, 0.3) is 10.9 Å². The molecule has 0 aliphatic rings. The summed E-state index contributed by atoms with van der Waals surface area (Å²) in [6.07, 6.45) is 1.39. The third-order valence-corrected chi connectivity index (χ3v) is 4.63. The van der Waals surface area contributed by atoms with Crippen molar-refractivity contribution in [1.82, 2.24) is 4.57 Å². The van der Waals surface area contributed by atoms with Crippen LogP contribution in [-0.2, 0) is 22.1 Å². The molecule has 1 unspecified atom stereocenters. The van der Waals surface area contributed by atoms with Crippen LogP contribution in [0.2, 0.25) is 5.02 Å². The Labute approximate surface area is 140 Å². The van der Waals surface area contributed by atoms with E-state index >= 15 is 0 Å². The number of pyridine rings is 1. The van der Waals surface area contributed by atoms with Crippen LogP contribution in [0.4, 0.5) is 0 Å². The Bertz CT molecular complexity index is 875. The molecular weight excluding hydrogens is 342 g/mol. The van der Waals surface area contributed by atoms with Gasteiger partial charge in [0.2, 0.25) is 5.43 Å². The van der Waals surface area contributed by atoms with Crippen molar-refractivity contribution < 1.29 is 18.8 Å². The van der Waals surface area contributed by atoms with Gasteiger partial charge >= 0.3 is 5.97 Å². The molecule has 0 radical (unpaired) electrons. The van der Waals surface area contributed by atoms with E-state index < -0.39 is 22.2 Å². The van der Waals surface area contributed by atoms with Crippen LogP contribution in [0, 0.1) is 0 Å². The van der Waals surface area contributed by atoms with Crippen molar-refractivity contribution >= 4 is 39.3 Å². The average molecular weight is 358 g/mol. The standard InChI is InChI=1S/C15H16ClNO5S/c1-4-17-10-7-9(16)11(18)6-8(10)13(19)12(14(17)23(3)21)15(20)22-5-2/h6-7,18H,4-5H2,1-3H3. The Morgan fingerprint density at radius 2 is 2.04 bits per heavy atom. The maximum atomic E-state index is 12.7. The predicted molar refractivity (Wildman–Crippen MR) is 88.8 cm³/mol. The largest absolute Gasteiger partial charge is 0.506 e. The molecule has 2 rings (SSSR count). The Morgan fingerprint density at radius 1 is 1.39 bits per heavy atom. The van der Waals surface area contributed by atoms with Crippen molar-refractivity contribution in [2.75, 3.05) is 12.9 Å². The molecule has 8 heteroatoms. The van der Waals surface area contributed by atoms with E-state index in [1.54, 1.807) is 18.4 Å². The first-order valence-electron chi connectivity index (χ1n) is 6.93. The number of aromatic nitrogens is 1. The van der Waals surface area contributed by atoms with Crippen LogP contribution in [0.3, 0.4) is 0 Å². The number of rotatable bonds is 4. The maximum absolute atomic E-state index is 12.7. The van der Waals surface area contributed by atoms with Crippen molar-refractivity contribution in [3.05, 3.63) is 32.9 Å². The summed E-state index contributed by atoms with van der Waals surface area (Å²) < 4.78 is 18.7. The summed E-state index contributed by atoms with van der Waals surface area (Å²) in [6, 6.07) is 2.62. The molecule has 23 heavy (non-hydrogen) atoms. The molecule has 1 N–H and O–H groups in total. The monoisotopic (exact) mass is 357 g/mol. The molecule has 0 saturated heterocycles. The fourth-order valence-corrected chi connectivity index (χ4v) is 3.59. The average Bonchev–Trinajstić information content (AvgIpc) is 2.49. The second kappa shape index (κ2) is 6.72. The summed E-state index contributed by atoms with van der Waals surface area (Å²) in [7, 11) is -1.60. The van der Waals surface area contributed by atoms with Gasteiger partial charge in [-0.15, -0.1) is 0 Å². The van der Waals surface area contributed by atoms with Gasteiger partial charge in [0.15, 0.2) is 0 Å². The number of carbonyl (C=O) groups excluding carboxylic acids is 1. The van der Waals surface area contributed by atoms with Crippen molar-refractivity contribution in [3.8, 4) is 5.75 Å². The summed E-state index contributed by atoms with van der Waals surface area (Å²) in [4.78, 5) is 24.9. The molecule has 6 nitrogen and oxygen atoms in total. The minimum absolute atomic E-state index is 0.0656. The second-order valence-electron chi connectivity index (χ2n) is 4.75. The number of carbonyl (C=O) groups is 1. The minimum Gasteiger partial charge on any atom is -0.506 e. The smallest absolute Gasteiger partial charge is 0.344 e. The van der Waals surface area contributed by atoms with Crippen LogP contribution in [0.15, 0.2) is 22.0 Å². The van der Waals surface area contributed by atoms with Gasteiger partial charge in [-0.05, 0) is 26.0 Å². The number of benzene rings is 1. The lowest BCUT2D eigenvalue weighted by Gasteiger charge is -2.17. The van der Waals surface area contributed by atoms with Gasteiger partial charge in [-0.25, -0.2) is 4.79 Å². The fraction of sp³-hybridized carbons (Fsp3) is 0.333. The predicted octanol–water partition coefficient (Wildman–Crippen LogP) is 2.29. The number of aromatic hydroxyl groups is 1. The van der Waals surface area contributed by atoms with Crippen LogP contribution in [0.1, 0.15) is 24.2 Å². The van der Waals surface area contributed by atoms with E-state index in [-0.39, 0.29) is 33.4 Å². The van der Waals surface area contributed by atoms with E-state index in [9.17, 15) is 18.9 Å². The number of halogens is 1. The number of phenolic OH excluding ortho intramolecular Hbond substituents is 1. The number of hydrogen-bond donors (Lipinski definition) is 1. The zero-order chi connectivity index (χ0) is 17.3. The number of ether oxygens (including phenoxy) is 1. The number of fused-ring (bicyclic) bond motifs is 1. The van der Waals surface area contributed by atoms with Crippen molar-refractivity contribution in [3.63, 3.8) is 0 Å². The summed E-state index contributed by atoms with van der Waals surface area (Å²) in [6.45, 7) is 3.85. The second-order valence-corrected chi connectivity index (χ2v) is 6.45. The molecule has 1 heterocycles. The number of aryl methyl sites for hydroxylation is 1. The summed E-state index contributed by atoms with van der Waals surface area (Å²) in [5.74, 6) is -1.10. The third kappa shape index (κ3) is 2.98. The van der Waals surface area contributed by atoms with Crippen LogP contribution in [-0.4, -0.2) is 32.7 Å². The van der Waals surface area contributed by atoms with Gasteiger partial charge in [0.25, 0.3) is 0 Å². The summed E-state index contributed by atoms with van der Waals surface area (Å²) in [5, 5.41) is 10.0. The first kappa shape index (κ1) is 17.5. The van der Waals surface area contributed by atoms with E-state index in [0.29, 0.717) is 12.1 Å². The number of esters is 1. The van der Waals surface area contributed by atoms with E-state index in [0.717, 1.165) is 0 Å². The molecule has 0 aliphatic carbocycles. The van der Waals surface area contributed by atoms with Gasteiger partial charge in [0.1, 0.15) is 16.3 Å². The molecule has 1 aromatic carbocycles. The molecule has 1 atom stereocenters. The van der Waals surface area contributed by atoms with E-state index in [4.69, 9.17) is 16.3 Å². The first-order chi connectivity index (χ1) is 10.8. The van der Waals surface area contributed by atoms with Crippen molar-refractivity contribution in [2.24, 2.45) is 0 Å². The number of phenols is 1. The lowest BCUT2D eigenvalue weighted by atomic mass is 10.1. The van der Waals surface area contributed by atoms with Crippen molar-refractivity contribution in [1.29, 1.82) is 0 Å². The topological polar surface area (TPSA) is 85.6 Å². The zero-order valence-electron chi connectivity index (χ0n) is 12.9. The Kier molecular flexibility index (Phi) is 5.11. The Morgan fingerprint density at radius 3 is 2.57 bits per heavy atom.